The summed E-state index contributed by atoms with van der Waals surface area (Å²) in [7, 11) is 0. The van der Waals surface area contributed by atoms with E-state index in [1.807, 2.05) is 19.1 Å². The second kappa shape index (κ2) is 2.75. The van der Waals surface area contributed by atoms with Crippen molar-refractivity contribution in [2.75, 3.05) is 0 Å². The van der Waals surface area contributed by atoms with Crippen molar-refractivity contribution in [2.45, 2.75) is 19.9 Å². The number of hydrogen-bond donors (Lipinski definition) is 2. The molecule has 0 spiro atoms. The minimum absolute atomic E-state index is 0.307. The van der Waals surface area contributed by atoms with Crippen LogP contribution >= 0.6 is 0 Å². The second-order valence-electron chi connectivity index (χ2n) is 3.42. The standard InChI is InChI=1S/C9H14N2O/c1-6-3-4-7(10)9(2,5-6)8(11)12/h3-5,7H,10H2,1-2H3,(H2,11,12). The number of carbonyl (C=O) groups is 1. The third kappa shape index (κ3) is 1.28. The van der Waals surface area contributed by atoms with Crippen molar-refractivity contribution < 1.29 is 4.79 Å². The van der Waals surface area contributed by atoms with Crippen LogP contribution in [0.5, 0.6) is 0 Å². The van der Waals surface area contributed by atoms with Crippen molar-refractivity contribution in [3.63, 3.8) is 0 Å². The fraction of sp³-hybridized carbons (Fsp3) is 0.444. The van der Waals surface area contributed by atoms with Gasteiger partial charge >= 0.3 is 0 Å². The van der Waals surface area contributed by atoms with E-state index in [9.17, 15) is 4.79 Å². The van der Waals surface area contributed by atoms with Crippen LogP contribution in [-0.4, -0.2) is 11.9 Å². The fourth-order valence-electron chi connectivity index (χ4n) is 1.31. The van der Waals surface area contributed by atoms with Gasteiger partial charge in [0, 0.05) is 6.04 Å². The molecule has 0 aromatic carbocycles. The summed E-state index contributed by atoms with van der Waals surface area (Å²) in [5.41, 5.74) is 11.3. The number of hydrogen-bond acceptors (Lipinski definition) is 2. The van der Waals surface area contributed by atoms with Crippen LogP contribution in [0.4, 0.5) is 0 Å². The van der Waals surface area contributed by atoms with Crippen LogP contribution in [0, 0.1) is 5.41 Å². The molecule has 1 aliphatic rings. The summed E-state index contributed by atoms with van der Waals surface area (Å²) in [4.78, 5) is 11.1. The van der Waals surface area contributed by atoms with E-state index >= 15 is 0 Å². The Hall–Kier alpha value is -1.09. The van der Waals surface area contributed by atoms with Crippen molar-refractivity contribution in [3.8, 4) is 0 Å². The van der Waals surface area contributed by atoms with Crippen molar-refractivity contribution in [1.82, 2.24) is 0 Å². The highest BCUT2D eigenvalue weighted by Gasteiger charge is 2.35. The van der Waals surface area contributed by atoms with Gasteiger partial charge in [-0.15, -0.1) is 0 Å². The van der Waals surface area contributed by atoms with Crippen molar-refractivity contribution >= 4 is 5.91 Å². The van der Waals surface area contributed by atoms with Gasteiger partial charge in [-0.25, -0.2) is 0 Å². The third-order valence-electron chi connectivity index (χ3n) is 2.32. The van der Waals surface area contributed by atoms with E-state index in [0.29, 0.717) is 0 Å². The number of carbonyl (C=O) groups excluding carboxylic acids is 1. The molecule has 3 nitrogen and oxygen atoms in total. The molecule has 0 aromatic rings. The number of primary amides is 1. The minimum atomic E-state index is -0.723. The van der Waals surface area contributed by atoms with Crippen LogP contribution in [0.2, 0.25) is 0 Å². The van der Waals surface area contributed by atoms with Gasteiger partial charge in [-0.3, -0.25) is 4.79 Å². The molecule has 1 rings (SSSR count). The summed E-state index contributed by atoms with van der Waals surface area (Å²) in [6.45, 7) is 3.68. The van der Waals surface area contributed by atoms with Gasteiger partial charge in [-0.05, 0) is 13.8 Å². The maximum Gasteiger partial charge on any atom is 0.229 e. The zero-order valence-corrected chi connectivity index (χ0v) is 7.37. The van der Waals surface area contributed by atoms with E-state index in [1.54, 1.807) is 13.0 Å². The van der Waals surface area contributed by atoms with E-state index in [2.05, 4.69) is 0 Å². The van der Waals surface area contributed by atoms with Crippen molar-refractivity contribution in [3.05, 3.63) is 23.8 Å². The predicted molar refractivity (Wildman–Crippen MR) is 48.2 cm³/mol. The average Bonchev–Trinajstić information content (AvgIpc) is 1.97. The maximum atomic E-state index is 11.1. The number of amides is 1. The van der Waals surface area contributed by atoms with Gasteiger partial charge in [0.15, 0.2) is 0 Å². The molecule has 0 aromatic heterocycles. The molecule has 0 saturated heterocycles. The normalized spacial score (nSPS) is 34.6. The Morgan fingerprint density at radius 2 is 2.25 bits per heavy atom. The summed E-state index contributed by atoms with van der Waals surface area (Å²) in [5, 5.41) is 0. The molecule has 4 N–H and O–H groups in total. The molecule has 2 unspecified atom stereocenters. The molecular formula is C9H14N2O. The fourth-order valence-corrected chi connectivity index (χ4v) is 1.31. The first kappa shape index (κ1) is 9.00. The lowest BCUT2D eigenvalue weighted by Crippen LogP contribution is -2.47. The average molecular weight is 166 g/mol. The highest BCUT2D eigenvalue weighted by atomic mass is 16.1. The van der Waals surface area contributed by atoms with Gasteiger partial charge in [0.1, 0.15) is 0 Å². The molecule has 1 amide bonds. The lowest BCUT2D eigenvalue weighted by molar-refractivity contribution is -0.124. The van der Waals surface area contributed by atoms with Gasteiger partial charge in [0.25, 0.3) is 0 Å². The van der Waals surface area contributed by atoms with Crippen LogP contribution in [0.15, 0.2) is 23.8 Å². The molecule has 0 fully saturated rings. The zero-order valence-electron chi connectivity index (χ0n) is 7.37. The topological polar surface area (TPSA) is 69.1 Å². The molecule has 0 bridgehead atoms. The van der Waals surface area contributed by atoms with Gasteiger partial charge in [-0.1, -0.05) is 23.8 Å². The van der Waals surface area contributed by atoms with Crippen LogP contribution < -0.4 is 11.5 Å². The number of allylic oxidation sites excluding steroid dienone is 2. The van der Waals surface area contributed by atoms with Crippen LogP contribution in [0.3, 0.4) is 0 Å². The Morgan fingerprint density at radius 1 is 1.67 bits per heavy atom. The molecule has 1 aliphatic carbocycles. The maximum absolute atomic E-state index is 11.1. The Morgan fingerprint density at radius 3 is 2.67 bits per heavy atom. The van der Waals surface area contributed by atoms with E-state index < -0.39 is 5.41 Å². The largest absolute Gasteiger partial charge is 0.369 e. The van der Waals surface area contributed by atoms with Gasteiger partial charge < -0.3 is 11.5 Å². The summed E-state index contributed by atoms with van der Waals surface area (Å²) in [6.07, 6.45) is 5.52. The molecule has 2 atom stereocenters. The second-order valence-corrected chi connectivity index (χ2v) is 3.42. The Labute approximate surface area is 72.1 Å². The minimum Gasteiger partial charge on any atom is -0.369 e. The molecule has 0 heterocycles. The molecule has 0 aliphatic heterocycles. The highest BCUT2D eigenvalue weighted by Crippen LogP contribution is 2.28. The first-order chi connectivity index (χ1) is 5.47. The molecular weight excluding hydrogens is 152 g/mol. The Bertz CT molecular complexity index is 268. The van der Waals surface area contributed by atoms with Crippen molar-refractivity contribution in [1.29, 1.82) is 0 Å². The zero-order chi connectivity index (χ0) is 9.35. The predicted octanol–water partition coefficient (Wildman–Crippen LogP) is 0.321. The molecule has 0 saturated carbocycles. The Balaban J connectivity index is 3.05. The summed E-state index contributed by atoms with van der Waals surface area (Å²) >= 11 is 0. The van der Waals surface area contributed by atoms with E-state index in [1.165, 1.54) is 0 Å². The quantitative estimate of drug-likeness (QED) is 0.589. The molecule has 12 heavy (non-hydrogen) atoms. The monoisotopic (exact) mass is 166 g/mol. The lowest BCUT2D eigenvalue weighted by atomic mass is 9.77. The van der Waals surface area contributed by atoms with Gasteiger partial charge in [0.05, 0.1) is 5.41 Å². The van der Waals surface area contributed by atoms with Crippen LogP contribution in [0.1, 0.15) is 13.8 Å². The number of nitrogens with two attached hydrogens (primary N) is 2. The molecule has 66 valence electrons. The number of rotatable bonds is 1. The summed E-state index contributed by atoms with van der Waals surface area (Å²) in [6, 6.07) is -0.307. The molecule has 3 heteroatoms. The van der Waals surface area contributed by atoms with Crippen LogP contribution in [-0.2, 0) is 4.79 Å². The van der Waals surface area contributed by atoms with E-state index in [0.717, 1.165) is 5.57 Å². The lowest BCUT2D eigenvalue weighted by Gasteiger charge is -2.30. The summed E-state index contributed by atoms with van der Waals surface area (Å²) in [5.74, 6) is -0.376. The summed E-state index contributed by atoms with van der Waals surface area (Å²) < 4.78 is 0. The van der Waals surface area contributed by atoms with Crippen LogP contribution in [0.25, 0.3) is 0 Å². The van der Waals surface area contributed by atoms with Gasteiger partial charge in [-0.2, -0.15) is 0 Å². The Kier molecular flexibility index (Phi) is 2.06. The molecule has 0 radical (unpaired) electrons. The first-order valence-corrected chi connectivity index (χ1v) is 3.90. The smallest absolute Gasteiger partial charge is 0.229 e. The first-order valence-electron chi connectivity index (χ1n) is 3.90. The van der Waals surface area contributed by atoms with Crippen molar-refractivity contribution in [2.24, 2.45) is 16.9 Å². The van der Waals surface area contributed by atoms with E-state index in [-0.39, 0.29) is 11.9 Å². The van der Waals surface area contributed by atoms with E-state index in [4.69, 9.17) is 11.5 Å². The highest BCUT2D eigenvalue weighted by molar-refractivity contribution is 5.84. The van der Waals surface area contributed by atoms with Gasteiger partial charge in [0.2, 0.25) is 5.91 Å². The SMILES string of the molecule is CC1=CC(C)(C(N)=O)C(N)C=C1. The third-order valence-corrected chi connectivity index (χ3v) is 2.32.